The molecule has 1 aromatic heterocycles. The van der Waals surface area contributed by atoms with Gasteiger partial charge in [-0.1, -0.05) is 0 Å². The van der Waals surface area contributed by atoms with E-state index in [1.54, 1.807) is 0 Å². The van der Waals surface area contributed by atoms with Crippen LogP contribution in [0.4, 0.5) is 0 Å². The molecule has 0 bridgehead atoms. The van der Waals surface area contributed by atoms with Crippen LogP contribution < -0.4 is 10.7 Å². The summed E-state index contributed by atoms with van der Waals surface area (Å²) in [6.07, 6.45) is 0.967. The molecule has 0 aliphatic carbocycles. The molecule has 1 aliphatic rings. The molecular formula is C13H18N2O5. The second-order valence-corrected chi connectivity index (χ2v) is 4.64. The van der Waals surface area contributed by atoms with Crippen LogP contribution in [-0.4, -0.2) is 48.3 Å². The minimum absolute atomic E-state index is 0.114. The first-order chi connectivity index (χ1) is 9.58. The Hall–Kier alpha value is -1.86. The smallest absolute Gasteiger partial charge is 0.237 e. The first-order valence-electron chi connectivity index (χ1n) is 6.48. The van der Waals surface area contributed by atoms with Gasteiger partial charge in [-0.05, 0) is 6.92 Å². The maximum atomic E-state index is 12.0. The molecule has 1 aliphatic heterocycles. The van der Waals surface area contributed by atoms with E-state index in [1.165, 1.54) is 0 Å². The van der Waals surface area contributed by atoms with Crippen molar-refractivity contribution in [2.24, 2.45) is 0 Å². The molecule has 0 spiro atoms. The molecule has 1 fully saturated rings. The molecule has 110 valence electrons. The van der Waals surface area contributed by atoms with Crippen LogP contribution in [-0.2, 0) is 16.1 Å². The topological polar surface area (TPSA) is 92.0 Å². The Bertz CT molecular complexity index is 522. The number of hydrogen-bond acceptors (Lipinski definition) is 6. The minimum atomic E-state index is -0.526. The van der Waals surface area contributed by atoms with Gasteiger partial charge >= 0.3 is 0 Å². The molecule has 1 amide bonds. The van der Waals surface area contributed by atoms with Crippen LogP contribution in [0.5, 0.6) is 5.75 Å². The van der Waals surface area contributed by atoms with Crippen molar-refractivity contribution >= 4 is 5.91 Å². The highest BCUT2D eigenvalue weighted by Gasteiger charge is 2.22. The fourth-order valence-corrected chi connectivity index (χ4v) is 1.99. The molecule has 7 nitrogen and oxygen atoms in total. The lowest BCUT2D eigenvalue weighted by Crippen LogP contribution is -2.49. The SMILES string of the molecule is C[C@@H](C(=O)NCc1cc(=O)c(O)co1)N1CCOCC1. The highest BCUT2D eigenvalue weighted by Crippen LogP contribution is 2.05. The van der Waals surface area contributed by atoms with E-state index in [0.717, 1.165) is 25.4 Å². The van der Waals surface area contributed by atoms with E-state index in [1.807, 2.05) is 11.8 Å². The van der Waals surface area contributed by atoms with Crippen molar-refractivity contribution in [2.45, 2.75) is 19.5 Å². The molecule has 0 unspecified atom stereocenters. The maximum absolute atomic E-state index is 12.0. The Balaban J connectivity index is 1.87. The third-order valence-electron chi connectivity index (χ3n) is 3.28. The molecule has 2 N–H and O–H groups in total. The van der Waals surface area contributed by atoms with Crippen molar-refractivity contribution in [3.63, 3.8) is 0 Å². The van der Waals surface area contributed by atoms with E-state index in [2.05, 4.69) is 5.32 Å². The number of hydrogen-bond donors (Lipinski definition) is 2. The highest BCUT2D eigenvalue weighted by atomic mass is 16.5. The lowest BCUT2D eigenvalue weighted by atomic mass is 10.2. The van der Waals surface area contributed by atoms with Crippen LogP contribution >= 0.6 is 0 Å². The summed E-state index contributed by atoms with van der Waals surface area (Å²) in [5.74, 6) is -0.278. The fraction of sp³-hybridized carbons (Fsp3) is 0.538. The zero-order valence-electron chi connectivity index (χ0n) is 11.3. The average Bonchev–Trinajstić information content (AvgIpc) is 2.48. The Labute approximate surface area is 116 Å². The monoisotopic (exact) mass is 282 g/mol. The summed E-state index contributed by atoms with van der Waals surface area (Å²) >= 11 is 0. The lowest BCUT2D eigenvalue weighted by molar-refractivity contribution is -0.127. The average molecular weight is 282 g/mol. The van der Waals surface area contributed by atoms with Crippen LogP contribution in [0.1, 0.15) is 12.7 Å². The second-order valence-electron chi connectivity index (χ2n) is 4.64. The highest BCUT2D eigenvalue weighted by molar-refractivity contribution is 5.81. The van der Waals surface area contributed by atoms with Crippen LogP contribution in [0.15, 0.2) is 21.5 Å². The lowest BCUT2D eigenvalue weighted by Gasteiger charge is -2.31. The number of nitrogens with one attached hydrogen (secondary N) is 1. The van der Waals surface area contributed by atoms with E-state index in [9.17, 15) is 9.59 Å². The zero-order chi connectivity index (χ0) is 14.5. The number of morpholine rings is 1. The second kappa shape index (κ2) is 6.53. The Morgan fingerprint density at radius 1 is 1.50 bits per heavy atom. The molecule has 20 heavy (non-hydrogen) atoms. The van der Waals surface area contributed by atoms with Crippen molar-refractivity contribution < 1.29 is 19.1 Å². The van der Waals surface area contributed by atoms with E-state index in [4.69, 9.17) is 14.3 Å². The van der Waals surface area contributed by atoms with Crippen molar-refractivity contribution in [1.29, 1.82) is 0 Å². The number of carbonyl (C=O) groups is 1. The standard InChI is InChI=1S/C13H18N2O5/c1-9(15-2-4-19-5-3-15)13(18)14-7-10-6-11(16)12(17)8-20-10/h6,8-9,17H,2-5,7H2,1H3,(H,14,18)/t9-/m0/s1. The number of amides is 1. The summed E-state index contributed by atoms with van der Waals surface area (Å²) in [5, 5.41) is 11.8. The molecule has 0 saturated carbocycles. The van der Waals surface area contributed by atoms with Crippen molar-refractivity contribution in [3.05, 3.63) is 28.3 Å². The van der Waals surface area contributed by atoms with E-state index >= 15 is 0 Å². The van der Waals surface area contributed by atoms with Gasteiger partial charge in [-0.3, -0.25) is 14.5 Å². The molecule has 0 radical (unpaired) electrons. The van der Waals surface area contributed by atoms with Crippen LogP contribution in [0.2, 0.25) is 0 Å². The van der Waals surface area contributed by atoms with Gasteiger partial charge < -0.3 is 19.6 Å². The van der Waals surface area contributed by atoms with Gasteiger partial charge in [-0.15, -0.1) is 0 Å². The van der Waals surface area contributed by atoms with Gasteiger partial charge in [-0.2, -0.15) is 0 Å². The summed E-state index contributed by atoms with van der Waals surface area (Å²) in [7, 11) is 0. The number of aromatic hydroxyl groups is 1. The normalized spacial score (nSPS) is 17.6. The maximum Gasteiger partial charge on any atom is 0.237 e. The van der Waals surface area contributed by atoms with Gasteiger partial charge in [0.25, 0.3) is 0 Å². The number of nitrogens with zero attached hydrogens (tertiary/aromatic N) is 1. The molecule has 1 saturated heterocycles. The zero-order valence-corrected chi connectivity index (χ0v) is 11.3. The van der Waals surface area contributed by atoms with E-state index in [-0.39, 0.29) is 18.5 Å². The van der Waals surface area contributed by atoms with Crippen molar-refractivity contribution in [3.8, 4) is 5.75 Å². The predicted molar refractivity (Wildman–Crippen MR) is 70.3 cm³/mol. The molecule has 1 atom stereocenters. The molecule has 0 aromatic carbocycles. The van der Waals surface area contributed by atoms with Crippen molar-refractivity contribution in [1.82, 2.24) is 10.2 Å². The summed E-state index contributed by atoms with van der Waals surface area (Å²) in [6, 6.07) is 0.900. The van der Waals surface area contributed by atoms with Crippen LogP contribution in [0, 0.1) is 0 Å². The van der Waals surface area contributed by atoms with Gasteiger partial charge in [0, 0.05) is 19.2 Å². The number of rotatable bonds is 4. The Morgan fingerprint density at radius 2 is 2.20 bits per heavy atom. The van der Waals surface area contributed by atoms with E-state index in [0.29, 0.717) is 19.0 Å². The Morgan fingerprint density at radius 3 is 2.85 bits per heavy atom. The molecule has 2 heterocycles. The Kier molecular flexibility index (Phi) is 4.75. The number of ether oxygens (including phenoxy) is 1. The first kappa shape index (κ1) is 14.5. The summed E-state index contributed by atoms with van der Waals surface area (Å²) in [5.41, 5.74) is -0.526. The van der Waals surface area contributed by atoms with Gasteiger partial charge in [0.05, 0.1) is 25.8 Å². The summed E-state index contributed by atoms with van der Waals surface area (Å²) in [6.45, 7) is 4.65. The number of carbonyl (C=O) groups excluding carboxylic acids is 1. The largest absolute Gasteiger partial charge is 0.502 e. The van der Waals surface area contributed by atoms with Crippen molar-refractivity contribution in [2.75, 3.05) is 26.3 Å². The minimum Gasteiger partial charge on any atom is -0.502 e. The van der Waals surface area contributed by atoms with Crippen LogP contribution in [0.25, 0.3) is 0 Å². The van der Waals surface area contributed by atoms with Gasteiger partial charge in [0.2, 0.25) is 11.3 Å². The van der Waals surface area contributed by atoms with Gasteiger partial charge in [0.1, 0.15) is 12.0 Å². The molecular weight excluding hydrogens is 264 g/mol. The third kappa shape index (κ3) is 3.58. The molecule has 2 rings (SSSR count). The van der Waals surface area contributed by atoms with Gasteiger partial charge in [-0.25, -0.2) is 0 Å². The summed E-state index contributed by atoms with van der Waals surface area (Å²) < 4.78 is 10.3. The predicted octanol–water partition coefficient (Wildman–Crippen LogP) is -0.318. The fourth-order valence-electron chi connectivity index (χ4n) is 1.99. The third-order valence-corrected chi connectivity index (χ3v) is 3.28. The quantitative estimate of drug-likeness (QED) is 0.786. The van der Waals surface area contributed by atoms with Gasteiger partial charge in [0.15, 0.2) is 5.75 Å². The first-order valence-corrected chi connectivity index (χ1v) is 6.48. The van der Waals surface area contributed by atoms with Crippen LogP contribution in [0.3, 0.4) is 0 Å². The van der Waals surface area contributed by atoms with E-state index < -0.39 is 11.2 Å². The molecule has 1 aromatic rings. The summed E-state index contributed by atoms with van der Waals surface area (Å²) in [4.78, 5) is 25.3. The molecule has 7 heteroatoms.